The second kappa shape index (κ2) is 13.0. The van der Waals surface area contributed by atoms with Crippen LogP contribution in [0.5, 0.6) is 11.5 Å². The Hall–Kier alpha value is -6.94. The third-order valence-electron chi connectivity index (χ3n) is 14.5. The normalized spacial score (nSPS) is 18.6. The monoisotopic (exact) mass is 799 g/mol. The lowest BCUT2D eigenvalue weighted by Crippen LogP contribution is -2.66. The molecule has 3 aliphatic rings. The molecule has 0 bridgehead atoms. The van der Waals surface area contributed by atoms with Gasteiger partial charge in [0, 0.05) is 33.2 Å². The molecular formula is C58H45NOSi. The molecule has 0 aromatic heterocycles. The zero-order valence-electron chi connectivity index (χ0n) is 34.9. The average Bonchev–Trinajstić information content (AvgIpc) is 3.71. The highest BCUT2D eigenvalue weighted by Gasteiger charge is 2.48. The predicted octanol–water partition coefficient (Wildman–Crippen LogP) is 13.2. The topological polar surface area (TPSA) is 12.5 Å². The summed E-state index contributed by atoms with van der Waals surface area (Å²) in [5.74, 6) is 1.98. The van der Waals surface area contributed by atoms with Gasteiger partial charge in [-0.2, -0.15) is 0 Å². The lowest BCUT2D eigenvalue weighted by molar-refractivity contribution is 0.488. The van der Waals surface area contributed by atoms with E-state index in [-0.39, 0.29) is 5.41 Å². The van der Waals surface area contributed by atoms with Gasteiger partial charge in [-0.1, -0.05) is 184 Å². The Balaban J connectivity index is 1.11. The minimum absolute atomic E-state index is 0.132. The van der Waals surface area contributed by atoms with Crippen molar-refractivity contribution in [2.45, 2.75) is 38.1 Å². The Bertz CT molecular complexity index is 3240. The van der Waals surface area contributed by atoms with E-state index >= 15 is 0 Å². The standard InChI is InChI=1S/C58H45NOSi/c1-57(2)47-26-14-13-25-44(47)45-32-30-40(36-49(45)57)59(51-27-17-19-38-18-11-12-24-43(38)51)41-31-33-46-50(37-41)58(3,39-20-7-5-8-21-39)48-34-35-54-56(55(46)48)60-52-28-15-16-29-53(52)61(54,4)42-22-9-6-10-23-42/h5-37H,1-4H3. The van der Waals surface area contributed by atoms with Crippen LogP contribution in [0, 0.1) is 0 Å². The summed E-state index contributed by atoms with van der Waals surface area (Å²) in [6.45, 7) is 9.66. The summed E-state index contributed by atoms with van der Waals surface area (Å²) in [4.78, 5) is 2.50. The Morgan fingerprint density at radius 2 is 1.11 bits per heavy atom. The maximum atomic E-state index is 7.20. The van der Waals surface area contributed by atoms with Crippen molar-refractivity contribution in [3.05, 3.63) is 228 Å². The number of fused-ring (bicyclic) bond motifs is 10. The molecule has 9 aromatic carbocycles. The number of rotatable bonds is 5. The van der Waals surface area contributed by atoms with Crippen molar-refractivity contribution >= 4 is 51.5 Å². The fraction of sp³-hybridized carbons (Fsp3) is 0.103. The summed E-state index contributed by atoms with van der Waals surface area (Å²) in [6, 6.07) is 74.5. The van der Waals surface area contributed by atoms with Crippen LogP contribution in [0.3, 0.4) is 0 Å². The molecule has 2 atom stereocenters. The van der Waals surface area contributed by atoms with Gasteiger partial charge in [0.25, 0.3) is 0 Å². The van der Waals surface area contributed by atoms with Gasteiger partial charge in [0.1, 0.15) is 11.5 Å². The Morgan fingerprint density at radius 1 is 0.475 bits per heavy atom. The Labute approximate surface area is 359 Å². The van der Waals surface area contributed by atoms with Crippen molar-refractivity contribution in [2.24, 2.45) is 0 Å². The first-order chi connectivity index (χ1) is 29.8. The highest BCUT2D eigenvalue weighted by Crippen LogP contribution is 2.58. The fourth-order valence-corrected chi connectivity index (χ4v) is 15.1. The lowest BCUT2D eigenvalue weighted by atomic mass is 9.74. The maximum absolute atomic E-state index is 7.20. The first-order valence-corrected chi connectivity index (χ1v) is 24.0. The predicted molar refractivity (Wildman–Crippen MR) is 257 cm³/mol. The minimum atomic E-state index is -2.46. The Morgan fingerprint density at radius 3 is 1.93 bits per heavy atom. The van der Waals surface area contributed by atoms with E-state index < -0.39 is 13.5 Å². The lowest BCUT2D eigenvalue weighted by Gasteiger charge is -2.37. The van der Waals surface area contributed by atoms with Crippen molar-refractivity contribution in [1.29, 1.82) is 0 Å². The molecule has 0 fully saturated rings. The molecule has 0 N–H and O–H groups in total. The van der Waals surface area contributed by atoms with Gasteiger partial charge in [0.15, 0.2) is 8.07 Å². The zero-order valence-corrected chi connectivity index (χ0v) is 35.9. The van der Waals surface area contributed by atoms with E-state index in [0.29, 0.717) is 0 Å². The molecule has 0 radical (unpaired) electrons. The molecule has 0 saturated carbocycles. The number of para-hydroxylation sites is 1. The van der Waals surface area contributed by atoms with Gasteiger partial charge in [-0.25, -0.2) is 0 Å². The number of hydrogen-bond acceptors (Lipinski definition) is 2. The molecule has 1 heterocycles. The van der Waals surface area contributed by atoms with Crippen LogP contribution in [0.25, 0.3) is 33.0 Å². The van der Waals surface area contributed by atoms with Crippen LogP contribution in [0.1, 0.15) is 48.6 Å². The van der Waals surface area contributed by atoms with Crippen molar-refractivity contribution in [3.8, 4) is 33.8 Å². The van der Waals surface area contributed by atoms with Gasteiger partial charge < -0.3 is 9.64 Å². The van der Waals surface area contributed by atoms with Gasteiger partial charge >= 0.3 is 0 Å². The van der Waals surface area contributed by atoms with Gasteiger partial charge in [0.05, 0.1) is 5.69 Å². The van der Waals surface area contributed by atoms with E-state index in [2.05, 4.69) is 232 Å². The summed E-state index contributed by atoms with van der Waals surface area (Å²) in [5, 5.41) is 6.46. The van der Waals surface area contributed by atoms with E-state index in [1.54, 1.807) is 0 Å². The third kappa shape index (κ3) is 4.96. The molecule has 2 aliphatic carbocycles. The maximum Gasteiger partial charge on any atom is 0.155 e. The van der Waals surface area contributed by atoms with E-state index in [0.717, 1.165) is 28.6 Å². The molecular weight excluding hydrogens is 755 g/mol. The number of hydrogen-bond donors (Lipinski definition) is 0. The van der Waals surface area contributed by atoms with E-state index in [1.165, 1.54) is 76.4 Å². The second-order valence-electron chi connectivity index (χ2n) is 17.9. The number of benzene rings is 9. The smallest absolute Gasteiger partial charge is 0.155 e. The van der Waals surface area contributed by atoms with E-state index in [9.17, 15) is 0 Å². The van der Waals surface area contributed by atoms with Crippen LogP contribution in [0.15, 0.2) is 200 Å². The molecule has 0 amide bonds. The van der Waals surface area contributed by atoms with Gasteiger partial charge in [0.2, 0.25) is 0 Å². The first kappa shape index (κ1) is 36.0. The molecule has 292 valence electrons. The zero-order chi connectivity index (χ0) is 41.1. The van der Waals surface area contributed by atoms with Crippen LogP contribution in [0.2, 0.25) is 6.55 Å². The first-order valence-electron chi connectivity index (χ1n) is 21.5. The molecule has 9 aromatic rings. The summed E-state index contributed by atoms with van der Waals surface area (Å²) < 4.78 is 7.20. The number of nitrogens with zero attached hydrogens (tertiary/aromatic N) is 1. The summed E-state index contributed by atoms with van der Waals surface area (Å²) in [6.07, 6.45) is 0. The van der Waals surface area contributed by atoms with Crippen molar-refractivity contribution in [1.82, 2.24) is 0 Å². The Kier molecular flexibility index (Phi) is 7.68. The molecule has 2 unspecified atom stereocenters. The van der Waals surface area contributed by atoms with Crippen LogP contribution >= 0.6 is 0 Å². The largest absolute Gasteiger partial charge is 0.457 e. The molecule has 0 spiro atoms. The second-order valence-corrected chi connectivity index (χ2v) is 21.8. The van der Waals surface area contributed by atoms with E-state index in [1.807, 2.05) is 0 Å². The van der Waals surface area contributed by atoms with Gasteiger partial charge in [-0.05, 0) is 109 Å². The summed E-state index contributed by atoms with van der Waals surface area (Å²) >= 11 is 0. The highest BCUT2D eigenvalue weighted by molar-refractivity contribution is 7.11. The SMILES string of the molecule is CC1(C)c2ccccc2-c2ccc(N(c3ccc4c(c3)C(C)(c3ccccc3)c3ccc5c(c3-4)Oc3ccccc3[Si]5(C)c3ccccc3)c3cccc4ccccc34)cc21. The van der Waals surface area contributed by atoms with Crippen LogP contribution < -0.4 is 25.2 Å². The van der Waals surface area contributed by atoms with Crippen LogP contribution in [-0.2, 0) is 10.8 Å². The molecule has 1 aliphatic heterocycles. The fourth-order valence-electron chi connectivity index (χ4n) is 11.3. The minimum Gasteiger partial charge on any atom is -0.457 e. The number of ether oxygens (including phenoxy) is 1. The van der Waals surface area contributed by atoms with Crippen molar-refractivity contribution in [2.75, 3.05) is 4.90 Å². The number of anilines is 3. The van der Waals surface area contributed by atoms with Crippen LogP contribution in [0.4, 0.5) is 17.1 Å². The molecule has 3 heteroatoms. The average molecular weight is 800 g/mol. The molecule has 61 heavy (non-hydrogen) atoms. The summed E-state index contributed by atoms with van der Waals surface area (Å²) in [5.41, 5.74) is 14.5. The van der Waals surface area contributed by atoms with Crippen molar-refractivity contribution in [3.63, 3.8) is 0 Å². The molecule has 12 rings (SSSR count). The quantitative estimate of drug-likeness (QED) is 0.161. The molecule has 2 nitrogen and oxygen atoms in total. The van der Waals surface area contributed by atoms with Crippen LogP contribution in [-0.4, -0.2) is 8.07 Å². The van der Waals surface area contributed by atoms with Crippen molar-refractivity contribution < 1.29 is 4.74 Å². The van der Waals surface area contributed by atoms with E-state index in [4.69, 9.17) is 4.74 Å². The summed E-state index contributed by atoms with van der Waals surface area (Å²) in [7, 11) is -2.46. The van der Waals surface area contributed by atoms with Gasteiger partial charge in [-0.15, -0.1) is 0 Å². The molecule has 0 saturated heterocycles. The van der Waals surface area contributed by atoms with Gasteiger partial charge in [-0.3, -0.25) is 0 Å². The third-order valence-corrected chi connectivity index (χ3v) is 18.9. The highest BCUT2D eigenvalue weighted by atomic mass is 28.3.